The lowest BCUT2D eigenvalue weighted by atomic mass is 9.98. The van der Waals surface area contributed by atoms with Crippen LogP contribution >= 0.6 is 0 Å². The van der Waals surface area contributed by atoms with E-state index in [-0.39, 0.29) is 0 Å². The number of hydrogen-bond acceptors (Lipinski definition) is 3. The van der Waals surface area contributed by atoms with Crippen molar-refractivity contribution < 1.29 is 4.42 Å². The Bertz CT molecular complexity index is 4720. The van der Waals surface area contributed by atoms with E-state index in [9.17, 15) is 10.5 Å². The molecule has 0 saturated carbocycles. The van der Waals surface area contributed by atoms with Crippen LogP contribution in [0.2, 0.25) is 0 Å². The molecule has 70 heavy (non-hydrogen) atoms. The number of aromatic nitrogens is 4. The number of fused-ring (bicyclic) bond motifs is 15. The fraction of sp³-hybridized carbons (Fsp3) is 0.0159. The molecule has 0 fully saturated rings. The van der Waals surface area contributed by atoms with Gasteiger partial charge in [-0.3, -0.25) is 0 Å². The number of nitrogens with zero attached hydrogens (tertiary/aromatic N) is 6. The van der Waals surface area contributed by atoms with Gasteiger partial charge >= 0.3 is 0 Å². The molecule has 324 valence electrons. The normalized spacial score (nSPS) is 12.0. The molecule has 0 bridgehead atoms. The van der Waals surface area contributed by atoms with E-state index in [1.165, 1.54) is 0 Å². The summed E-state index contributed by atoms with van der Waals surface area (Å²) in [7, 11) is 0. The summed E-state index contributed by atoms with van der Waals surface area (Å²) in [5.74, 6) is 0. The third kappa shape index (κ3) is 4.94. The highest BCUT2D eigenvalue weighted by Gasteiger charge is 2.34. The molecule has 7 heteroatoms. The van der Waals surface area contributed by atoms with Crippen LogP contribution in [0, 0.1) is 29.6 Å². The van der Waals surface area contributed by atoms with Gasteiger partial charge in [0.2, 0.25) is 0 Å². The van der Waals surface area contributed by atoms with E-state index in [0.29, 0.717) is 33.9 Å². The monoisotopic (exact) mass is 892 g/mol. The molecule has 0 aliphatic rings. The third-order valence-corrected chi connectivity index (χ3v) is 14.7. The molecule has 0 N–H and O–H groups in total. The summed E-state index contributed by atoms with van der Waals surface area (Å²) in [5.41, 5.74) is 13.4. The van der Waals surface area contributed by atoms with E-state index in [1.807, 2.05) is 30.3 Å². The Morgan fingerprint density at radius 1 is 0.300 bits per heavy atom. The molecule has 0 amide bonds. The van der Waals surface area contributed by atoms with Gasteiger partial charge in [-0.15, -0.1) is 0 Å². The first-order valence-electron chi connectivity index (χ1n) is 23.5. The fourth-order valence-corrected chi connectivity index (χ4v) is 11.9. The molecule has 0 aliphatic heterocycles. The molecule has 5 aromatic heterocycles. The molecule has 10 aromatic carbocycles. The molecule has 15 aromatic rings. The van der Waals surface area contributed by atoms with E-state index in [0.717, 1.165) is 115 Å². The van der Waals surface area contributed by atoms with Crippen molar-refractivity contribution in [1.82, 2.24) is 18.3 Å². The number of aryl methyl sites for hydroxylation is 1. The van der Waals surface area contributed by atoms with Gasteiger partial charge in [-0.2, -0.15) is 10.5 Å². The quantitative estimate of drug-likeness (QED) is 0.176. The van der Waals surface area contributed by atoms with Crippen LogP contribution in [0.25, 0.3) is 132 Å². The summed E-state index contributed by atoms with van der Waals surface area (Å²) >= 11 is 0. The zero-order valence-electron chi connectivity index (χ0n) is 37.6. The van der Waals surface area contributed by atoms with Crippen molar-refractivity contribution >= 4 is 109 Å². The first-order chi connectivity index (χ1) is 34.6. The van der Waals surface area contributed by atoms with Crippen LogP contribution in [0.5, 0.6) is 0 Å². The van der Waals surface area contributed by atoms with Crippen LogP contribution in [0.1, 0.15) is 16.7 Å². The average molecular weight is 893 g/mol. The standard InChI is InChI=1S/C63H36N6O/c1-37-30-31-56-45(32-37)46-34-59-47(44-22-8-15-29-58(44)70-59)33-57(46)69(56)62-49(36-65)60(66-50-23-9-2-16-38(50)39-17-3-10-24-51(39)66)48(35-64)61(67-52-25-11-4-18-40(52)41-19-5-12-26-53(41)67)63(62)68-54-27-13-6-20-42(54)43-21-7-14-28-55(43)68/h2-34H,1H3. The molecule has 15 rings (SSSR count). The second-order valence-electron chi connectivity index (χ2n) is 18.3. The molecular weight excluding hydrogens is 857 g/mol. The van der Waals surface area contributed by atoms with Gasteiger partial charge in [-0.25, -0.2) is 0 Å². The largest absolute Gasteiger partial charge is 0.456 e. The minimum Gasteiger partial charge on any atom is -0.456 e. The molecule has 0 aliphatic carbocycles. The van der Waals surface area contributed by atoms with E-state index < -0.39 is 0 Å². The van der Waals surface area contributed by atoms with Gasteiger partial charge in [0.15, 0.2) is 0 Å². The van der Waals surface area contributed by atoms with Crippen LogP contribution in [-0.2, 0) is 0 Å². The van der Waals surface area contributed by atoms with Crippen LogP contribution in [0.15, 0.2) is 205 Å². The van der Waals surface area contributed by atoms with Crippen LogP contribution in [0.4, 0.5) is 0 Å². The molecule has 0 saturated heterocycles. The van der Waals surface area contributed by atoms with E-state index >= 15 is 0 Å². The third-order valence-electron chi connectivity index (χ3n) is 14.7. The number of rotatable bonds is 4. The summed E-state index contributed by atoms with van der Waals surface area (Å²) in [4.78, 5) is 0. The number of furan rings is 1. The van der Waals surface area contributed by atoms with Crippen molar-refractivity contribution in [2.45, 2.75) is 6.92 Å². The topological polar surface area (TPSA) is 80.4 Å². The summed E-state index contributed by atoms with van der Waals surface area (Å²) in [6.07, 6.45) is 0. The van der Waals surface area contributed by atoms with E-state index in [2.05, 4.69) is 207 Å². The minimum absolute atomic E-state index is 0.362. The van der Waals surface area contributed by atoms with Gasteiger partial charge in [0.1, 0.15) is 34.4 Å². The summed E-state index contributed by atoms with van der Waals surface area (Å²) in [5, 5.41) is 35.0. The lowest BCUT2D eigenvalue weighted by Crippen LogP contribution is -2.16. The average Bonchev–Trinajstić information content (AvgIpc) is 4.20. The van der Waals surface area contributed by atoms with Crippen molar-refractivity contribution in [2.75, 3.05) is 0 Å². The van der Waals surface area contributed by atoms with Crippen molar-refractivity contribution in [1.29, 1.82) is 10.5 Å². The molecular formula is C63H36N6O. The number of nitriles is 2. The van der Waals surface area contributed by atoms with Crippen molar-refractivity contribution in [3.8, 4) is 34.9 Å². The van der Waals surface area contributed by atoms with Gasteiger partial charge in [0.05, 0.1) is 66.9 Å². The zero-order chi connectivity index (χ0) is 46.4. The van der Waals surface area contributed by atoms with Gasteiger partial charge in [-0.05, 0) is 73.7 Å². The number of benzene rings is 10. The van der Waals surface area contributed by atoms with Crippen molar-refractivity contribution in [2.24, 2.45) is 0 Å². The first-order valence-corrected chi connectivity index (χ1v) is 23.5. The smallest absolute Gasteiger partial charge is 0.136 e. The van der Waals surface area contributed by atoms with E-state index in [1.54, 1.807) is 0 Å². The maximum atomic E-state index is 12.4. The predicted octanol–water partition coefficient (Wildman–Crippen LogP) is 16.0. The molecule has 0 unspecified atom stereocenters. The number of hydrogen-bond donors (Lipinski definition) is 0. The predicted molar refractivity (Wildman–Crippen MR) is 285 cm³/mol. The maximum Gasteiger partial charge on any atom is 0.136 e. The number of para-hydroxylation sites is 7. The lowest BCUT2D eigenvalue weighted by Gasteiger charge is -2.27. The van der Waals surface area contributed by atoms with Gasteiger partial charge in [0, 0.05) is 53.9 Å². The molecule has 0 radical (unpaired) electrons. The second kappa shape index (κ2) is 14.1. The van der Waals surface area contributed by atoms with Gasteiger partial charge in [0.25, 0.3) is 0 Å². The molecule has 0 spiro atoms. The second-order valence-corrected chi connectivity index (χ2v) is 18.3. The Kier molecular flexibility index (Phi) is 7.72. The highest BCUT2D eigenvalue weighted by Crippen LogP contribution is 2.49. The highest BCUT2D eigenvalue weighted by atomic mass is 16.3. The molecule has 0 atom stereocenters. The first kappa shape index (κ1) is 38.3. The lowest BCUT2D eigenvalue weighted by molar-refractivity contribution is 0.669. The molecule has 7 nitrogen and oxygen atoms in total. The minimum atomic E-state index is 0.362. The Balaban J connectivity index is 1.29. The Hall–Kier alpha value is -9.82. The summed E-state index contributed by atoms with van der Waals surface area (Å²) in [6.45, 7) is 2.12. The Morgan fingerprint density at radius 2 is 0.657 bits per heavy atom. The zero-order valence-corrected chi connectivity index (χ0v) is 37.6. The molecule has 5 heterocycles. The fourth-order valence-electron chi connectivity index (χ4n) is 11.9. The van der Waals surface area contributed by atoms with Crippen LogP contribution in [0.3, 0.4) is 0 Å². The highest BCUT2D eigenvalue weighted by molar-refractivity contribution is 6.19. The Morgan fingerprint density at radius 3 is 1.11 bits per heavy atom. The SMILES string of the molecule is Cc1ccc2c(c1)c1cc3oc4ccccc4c3cc1n2-c1c(C#N)c(-n2c3ccccc3c3ccccc32)c(C#N)c(-n2c3ccccc3c3ccccc32)c1-n1c2ccccc2c2ccccc21. The summed E-state index contributed by atoms with van der Waals surface area (Å²) < 4.78 is 15.7. The van der Waals surface area contributed by atoms with Crippen molar-refractivity contribution in [3.63, 3.8) is 0 Å². The van der Waals surface area contributed by atoms with E-state index in [4.69, 9.17) is 4.42 Å². The van der Waals surface area contributed by atoms with Gasteiger partial charge < -0.3 is 22.7 Å². The summed E-state index contributed by atoms with van der Waals surface area (Å²) in [6, 6.07) is 75.3. The Labute approximate surface area is 399 Å². The van der Waals surface area contributed by atoms with Gasteiger partial charge in [-0.1, -0.05) is 139 Å². The van der Waals surface area contributed by atoms with Crippen molar-refractivity contribution in [3.05, 3.63) is 217 Å². The van der Waals surface area contributed by atoms with Crippen LogP contribution < -0.4 is 0 Å². The maximum absolute atomic E-state index is 12.4. The van der Waals surface area contributed by atoms with Crippen LogP contribution in [-0.4, -0.2) is 18.3 Å².